The molecule has 1 fully saturated rings. The Bertz CT molecular complexity index is 1330. The van der Waals surface area contributed by atoms with Crippen molar-refractivity contribution in [3.63, 3.8) is 0 Å². The average Bonchev–Trinajstić information content (AvgIpc) is 3.21. The molecule has 2 aromatic carbocycles. The van der Waals surface area contributed by atoms with Gasteiger partial charge in [-0.1, -0.05) is 61.9 Å². The molecular formula is C31H41ClFN7O2. The fourth-order valence-corrected chi connectivity index (χ4v) is 6.39. The molecular weight excluding hydrogens is 557 g/mol. The summed E-state index contributed by atoms with van der Waals surface area (Å²) in [4.78, 5) is 33.9. The van der Waals surface area contributed by atoms with Gasteiger partial charge in [-0.25, -0.2) is 4.39 Å². The minimum Gasteiger partial charge on any atom is -0.350 e. The minimum atomic E-state index is -0.728. The number of aliphatic imine (C=N–C) groups is 1. The number of nitrogens with one attached hydrogen (secondary N) is 2. The highest BCUT2D eigenvalue weighted by atomic mass is 35.5. The molecule has 2 unspecified atom stereocenters. The number of halogens is 2. The predicted molar refractivity (Wildman–Crippen MR) is 162 cm³/mol. The van der Waals surface area contributed by atoms with E-state index in [9.17, 15) is 14.0 Å². The molecule has 0 aromatic heterocycles. The smallest absolute Gasteiger partial charge is 0.275 e. The second kappa shape index (κ2) is 12.8. The summed E-state index contributed by atoms with van der Waals surface area (Å²) >= 11 is 6.18. The van der Waals surface area contributed by atoms with E-state index >= 15 is 0 Å². The maximum Gasteiger partial charge on any atom is 0.275 e. The van der Waals surface area contributed by atoms with Gasteiger partial charge in [0.2, 0.25) is 0 Å². The summed E-state index contributed by atoms with van der Waals surface area (Å²) in [5.74, 6) is 4.55. The highest BCUT2D eigenvalue weighted by molar-refractivity contribution is 6.47. The summed E-state index contributed by atoms with van der Waals surface area (Å²) in [5, 5.41) is 9.76. The Hall–Kier alpha value is -3.53. The summed E-state index contributed by atoms with van der Waals surface area (Å²) in [6.07, 6.45) is 3.96. The van der Waals surface area contributed by atoms with Crippen molar-refractivity contribution in [2.75, 3.05) is 6.54 Å². The standard InChI is InChI=1S/C31H41ClFN7O2/c1-6-26(20-7-9-21(10-8-20)28(41)35-18-19(2)37-39-38-34)40-29(42)27(22-15-24(32)17-25(33)16-22)36-31(40)13-11-23(12-14-31)30(3,4)5/h7-10,15-17,19,23,26H,6,11-14,18H2,1-5H3,(H2,34,39)(H,35,41)(H,37,38). The summed E-state index contributed by atoms with van der Waals surface area (Å²) in [6, 6.07) is 11.0. The van der Waals surface area contributed by atoms with Crippen molar-refractivity contribution in [3.05, 3.63) is 70.0 Å². The number of amides is 2. The Morgan fingerprint density at radius 1 is 1.21 bits per heavy atom. The molecule has 42 heavy (non-hydrogen) atoms. The molecule has 1 heterocycles. The van der Waals surface area contributed by atoms with Crippen LogP contribution in [-0.2, 0) is 4.79 Å². The van der Waals surface area contributed by atoms with Crippen molar-refractivity contribution in [1.82, 2.24) is 15.6 Å². The van der Waals surface area contributed by atoms with E-state index in [0.717, 1.165) is 31.2 Å². The lowest BCUT2D eigenvalue weighted by Gasteiger charge is -2.47. The van der Waals surface area contributed by atoms with Gasteiger partial charge in [-0.05, 0) is 86.3 Å². The van der Waals surface area contributed by atoms with Crippen molar-refractivity contribution < 1.29 is 14.0 Å². The van der Waals surface area contributed by atoms with Crippen LogP contribution in [-0.4, -0.2) is 40.7 Å². The number of benzene rings is 2. The third kappa shape index (κ3) is 6.75. The number of carbonyl (C=O) groups excluding carboxylic acids is 2. The largest absolute Gasteiger partial charge is 0.350 e. The molecule has 1 spiro atoms. The van der Waals surface area contributed by atoms with Crippen molar-refractivity contribution in [3.8, 4) is 0 Å². The summed E-state index contributed by atoms with van der Waals surface area (Å²) in [7, 11) is 0. The van der Waals surface area contributed by atoms with Gasteiger partial charge in [0.1, 0.15) is 17.2 Å². The molecule has 2 aromatic rings. The molecule has 1 aliphatic carbocycles. The van der Waals surface area contributed by atoms with E-state index in [0.29, 0.717) is 30.0 Å². The quantitative estimate of drug-likeness (QED) is 0.182. The summed E-state index contributed by atoms with van der Waals surface area (Å²) in [5.41, 5.74) is 4.18. The molecule has 0 saturated heterocycles. The van der Waals surface area contributed by atoms with Crippen molar-refractivity contribution in [1.29, 1.82) is 0 Å². The van der Waals surface area contributed by atoms with Gasteiger partial charge in [0.05, 0.1) is 12.1 Å². The maximum absolute atomic E-state index is 14.4. The predicted octanol–water partition coefficient (Wildman–Crippen LogP) is 6.14. The summed E-state index contributed by atoms with van der Waals surface area (Å²) in [6.45, 7) is 11.0. The number of nitrogens with zero attached hydrogens (tertiary/aromatic N) is 4. The number of rotatable bonds is 9. The van der Waals surface area contributed by atoms with Gasteiger partial charge in [-0.2, -0.15) is 0 Å². The summed E-state index contributed by atoms with van der Waals surface area (Å²) < 4.78 is 14.4. The van der Waals surface area contributed by atoms with Crippen LogP contribution in [0.15, 0.2) is 57.9 Å². The molecule has 4 N–H and O–H groups in total. The van der Waals surface area contributed by atoms with Crippen molar-refractivity contribution in [2.45, 2.75) is 84.5 Å². The average molecular weight is 598 g/mol. The third-order valence-corrected chi connectivity index (χ3v) is 8.72. The van der Waals surface area contributed by atoms with Crippen LogP contribution < -0.4 is 16.6 Å². The monoisotopic (exact) mass is 597 g/mol. The van der Waals surface area contributed by atoms with E-state index in [-0.39, 0.29) is 40.0 Å². The van der Waals surface area contributed by atoms with Crippen LogP contribution in [0.1, 0.15) is 94.2 Å². The van der Waals surface area contributed by atoms with Crippen LogP contribution in [0.5, 0.6) is 0 Å². The highest BCUT2D eigenvalue weighted by Gasteiger charge is 2.52. The molecule has 0 radical (unpaired) electrons. The lowest BCUT2D eigenvalue weighted by Crippen LogP contribution is -2.51. The van der Waals surface area contributed by atoms with E-state index in [2.05, 4.69) is 42.0 Å². The molecule has 1 aliphatic heterocycles. The van der Waals surface area contributed by atoms with Crippen LogP contribution in [0.3, 0.4) is 0 Å². The first-order valence-electron chi connectivity index (χ1n) is 14.5. The molecule has 4 rings (SSSR count). The highest BCUT2D eigenvalue weighted by Crippen LogP contribution is 2.49. The second-order valence-electron chi connectivity index (χ2n) is 12.4. The van der Waals surface area contributed by atoms with E-state index in [1.807, 2.05) is 30.9 Å². The van der Waals surface area contributed by atoms with Gasteiger partial charge in [-0.15, -0.1) is 0 Å². The molecule has 2 aliphatic rings. The lowest BCUT2D eigenvalue weighted by molar-refractivity contribution is -0.133. The normalized spacial score (nSPS) is 22.4. The van der Waals surface area contributed by atoms with Crippen molar-refractivity contribution >= 4 is 29.1 Å². The Morgan fingerprint density at radius 3 is 2.45 bits per heavy atom. The molecule has 1 saturated carbocycles. The first-order chi connectivity index (χ1) is 19.9. The number of hydrogen-bond donors (Lipinski definition) is 3. The molecule has 9 nitrogen and oxygen atoms in total. The number of carbonyl (C=O) groups is 2. The SMILES string of the molecule is CCC(c1ccc(C(=O)NCC(C)NN=NN)cc1)N1C(=O)C(c2cc(F)cc(Cl)c2)=NC12CCC(C(C)(C)C)CC2. The Morgan fingerprint density at radius 2 is 1.88 bits per heavy atom. The van der Waals surface area contributed by atoms with E-state index in [4.69, 9.17) is 22.4 Å². The molecule has 2 atom stereocenters. The van der Waals surface area contributed by atoms with Gasteiger partial charge >= 0.3 is 0 Å². The zero-order chi connectivity index (χ0) is 30.7. The zero-order valence-corrected chi connectivity index (χ0v) is 25.7. The topological polar surface area (TPSA) is 125 Å². The molecule has 2 amide bonds. The van der Waals surface area contributed by atoms with Gasteiger partial charge in [0.15, 0.2) is 0 Å². The van der Waals surface area contributed by atoms with Crippen LogP contribution >= 0.6 is 11.6 Å². The molecule has 226 valence electrons. The third-order valence-electron chi connectivity index (χ3n) is 8.50. The lowest BCUT2D eigenvalue weighted by atomic mass is 9.69. The Kier molecular flexibility index (Phi) is 9.55. The van der Waals surface area contributed by atoms with E-state index in [1.54, 1.807) is 18.2 Å². The van der Waals surface area contributed by atoms with Crippen LogP contribution in [0.4, 0.5) is 4.39 Å². The fraction of sp³-hybridized carbons (Fsp3) is 0.516. The van der Waals surface area contributed by atoms with Crippen LogP contribution in [0.2, 0.25) is 5.02 Å². The van der Waals surface area contributed by atoms with Crippen LogP contribution in [0, 0.1) is 17.2 Å². The van der Waals surface area contributed by atoms with E-state index in [1.165, 1.54) is 12.1 Å². The van der Waals surface area contributed by atoms with Gasteiger partial charge in [0, 0.05) is 22.7 Å². The fourth-order valence-electron chi connectivity index (χ4n) is 6.17. The molecule has 11 heteroatoms. The number of nitrogens with two attached hydrogens (primary N) is 1. The second-order valence-corrected chi connectivity index (χ2v) is 12.9. The first-order valence-corrected chi connectivity index (χ1v) is 14.9. The Labute approximate surface area is 252 Å². The van der Waals surface area contributed by atoms with Gasteiger partial charge in [0.25, 0.3) is 11.8 Å². The molecule has 0 bridgehead atoms. The van der Waals surface area contributed by atoms with Gasteiger partial charge in [-0.3, -0.25) is 20.0 Å². The maximum atomic E-state index is 14.4. The van der Waals surface area contributed by atoms with Crippen molar-refractivity contribution in [2.24, 2.45) is 32.6 Å². The Balaban J connectivity index is 1.62. The van der Waals surface area contributed by atoms with Crippen LogP contribution in [0.25, 0.3) is 0 Å². The number of hydrogen-bond acceptors (Lipinski definition) is 5. The minimum absolute atomic E-state index is 0.153. The first kappa shape index (κ1) is 31.4. The van der Waals surface area contributed by atoms with E-state index < -0.39 is 11.5 Å². The van der Waals surface area contributed by atoms with Gasteiger partial charge < -0.3 is 16.1 Å². The zero-order valence-electron chi connectivity index (χ0n) is 25.0.